The highest BCUT2D eigenvalue weighted by molar-refractivity contribution is 7.85. The molecule has 17 heavy (non-hydrogen) atoms. The summed E-state index contributed by atoms with van der Waals surface area (Å²) in [4.78, 5) is 7.57. The van der Waals surface area contributed by atoms with E-state index in [9.17, 15) is 8.42 Å². The molecule has 0 bridgehead atoms. The zero-order valence-electron chi connectivity index (χ0n) is 9.34. The van der Waals surface area contributed by atoms with Crippen LogP contribution in [0.1, 0.15) is 0 Å². The van der Waals surface area contributed by atoms with Gasteiger partial charge in [-0.2, -0.15) is 8.42 Å². The first-order valence-corrected chi connectivity index (χ1v) is 6.47. The number of nitrogens with zero attached hydrogens (tertiary/aromatic N) is 2. The maximum atomic E-state index is 9.19. The number of aromatic nitrogens is 2. The maximum absolute atomic E-state index is 9.19. The molecule has 0 aliphatic rings. The Hall–Kier alpha value is -1.79. The van der Waals surface area contributed by atoms with Gasteiger partial charge in [-0.05, 0) is 24.3 Å². The molecule has 2 heterocycles. The maximum Gasteiger partial charge on any atom is 0.261 e. The van der Waals surface area contributed by atoms with Crippen LogP contribution in [0.5, 0.6) is 0 Å². The molecule has 6 heteroatoms. The summed E-state index contributed by atoms with van der Waals surface area (Å²) in [5.41, 5.74) is 0. The Labute approximate surface area is 101 Å². The van der Waals surface area contributed by atoms with Crippen LogP contribution in [0.25, 0.3) is 0 Å². The zero-order chi connectivity index (χ0) is 13.0. The van der Waals surface area contributed by atoms with Crippen molar-refractivity contribution in [3.05, 3.63) is 61.2 Å². The molecule has 0 atom stereocenters. The Morgan fingerprint density at radius 3 is 1.06 bits per heavy atom. The van der Waals surface area contributed by atoms with E-state index in [-0.39, 0.29) is 0 Å². The molecule has 2 rings (SSSR count). The summed E-state index contributed by atoms with van der Waals surface area (Å²) in [5, 5.41) is 0. The second kappa shape index (κ2) is 9.44. The highest BCUT2D eigenvalue weighted by Crippen LogP contribution is 1.74. The van der Waals surface area contributed by atoms with Gasteiger partial charge in [0.15, 0.2) is 0 Å². The molecule has 0 spiro atoms. The van der Waals surface area contributed by atoms with Crippen molar-refractivity contribution in [1.82, 2.24) is 9.97 Å². The summed E-state index contributed by atoms with van der Waals surface area (Å²) in [5.74, 6) is 0. The monoisotopic (exact) mass is 254 g/mol. The zero-order valence-corrected chi connectivity index (χ0v) is 10.2. The van der Waals surface area contributed by atoms with Crippen LogP contribution in [0.3, 0.4) is 0 Å². The summed E-state index contributed by atoms with van der Waals surface area (Å²) >= 11 is 0. The number of rotatable bonds is 0. The lowest BCUT2D eigenvalue weighted by atomic mass is 10.5. The molecule has 2 aromatic heterocycles. The van der Waals surface area contributed by atoms with Gasteiger partial charge < -0.3 is 0 Å². The van der Waals surface area contributed by atoms with Crippen molar-refractivity contribution in [3.8, 4) is 0 Å². The van der Waals surface area contributed by atoms with E-state index in [1.54, 1.807) is 24.8 Å². The van der Waals surface area contributed by atoms with E-state index in [1.165, 1.54) is 0 Å². The number of pyridine rings is 2. The van der Waals surface area contributed by atoms with Crippen molar-refractivity contribution >= 4 is 10.1 Å². The molecule has 92 valence electrons. The molecule has 0 saturated carbocycles. The van der Waals surface area contributed by atoms with Gasteiger partial charge in [-0.15, -0.1) is 0 Å². The van der Waals surface area contributed by atoms with E-state index in [1.807, 2.05) is 36.4 Å². The Kier molecular flexibility index (Phi) is 8.44. The van der Waals surface area contributed by atoms with Crippen LogP contribution in [0.4, 0.5) is 0 Å². The summed E-state index contributed by atoms with van der Waals surface area (Å²) in [7, 11) is -3.67. The van der Waals surface area contributed by atoms with Gasteiger partial charge in [0.1, 0.15) is 0 Å². The van der Waals surface area contributed by atoms with Gasteiger partial charge in [-0.3, -0.25) is 14.5 Å². The predicted molar refractivity (Wildman–Crippen MR) is 65.9 cm³/mol. The van der Waals surface area contributed by atoms with Gasteiger partial charge in [0.25, 0.3) is 10.1 Å². The van der Waals surface area contributed by atoms with E-state index in [0.717, 1.165) is 0 Å². The van der Waals surface area contributed by atoms with Gasteiger partial charge in [-0.25, -0.2) is 0 Å². The van der Waals surface area contributed by atoms with Crippen molar-refractivity contribution in [3.63, 3.8) is 0 Å². The first kappa shape index (κ1) is 15.2. The molecule has 0 fully saturated rings. The molecule has 5 nitrogen and oxygen atoms in total. The van der Waals surface area contributed by atoms with Crippen LogP contribution in [0.2, 0.25) is 0 Å². The van der Waals surface area contributed by atoms with E-state index < -0.39 is 10.1 Å². The molecule has 2 aromatic rings. The van der Waals surface area contributed by atoms with Crippen molar-refractivity contribution in [2.24, 2.45) is 0 Å². The van der Waals surface area contributed by atoms with Crippen LogP contribution in [0, 0.1) is 0 Å². The normalized spacial score (nSPS) is 9.06. The van der Waals surface area contributed by atoms with Crippen LogP contribution in [0.15, 0.2) is 61.2 Å². The Bertz CT molecular complexity index is 368. The SMILES string of the molecule is CS(=O)(=O)O.c1ccncc1.c1ccncc1. The molecule has 0 aliphatic carbocycles. The minimum absolute atomic E-state index is 0.715. The standard InChI is InChI=1S/2C5H5N.CH4O3S/c2*1-2-4-6-5-3-1;1-5(2,3)4/h2*1-5H;1H3,(H,2,3,4). The number of hydrogen-bond donors (Lipinski definition) is 1. The van der Waals surface area contributed by atoms with Crippen molar-refractivity contribution < 1.29 is 13.0 Å². The quantitative estimate of drug-likeness (QED) is 0.723. The summed E-state index contributed by atoms with van der Waals surface area (Å²) in [6, 6.07) is 11.4. The van der Waals surface area contributed by atoms with Gasteiger partial charge in [0.2, 0.25) is 0 Å². The molecule has 0 saturated heterocycles. The van der Waals surface area contributed by atoms with E-state index in [0.29, 0.717) is 6.26 Å². The highest BCUT2D eigenvalue weighted by Gasteiger charge is 1.81. The Morgan fingerprint density at radius 2 is 1.00 bits per heavy atom. The van der Waals surface area contributed by atoms with Crippen molar-refractivity contribution in [2.75, 3.05) is 6.26 Å². The van der Waals surface area contributed by atoms with Gasteiger partial charge in [-0.1, -0.05) is 12.1 Å². The molecule has 0 aromatic carbocycles. The van der Waals surface area contributed by atoms with Crippen molar-refractivity contribution in [1.29, 1.82) is 0 Å². The second-order valence-corrected chi connectivity index (χ2v) is 4.25. The molecule has 1 N–H and O–H groups in total. The first-order valence-electron chi connectivity index (χ1n) is 4.62. The largest absolute Gasteiger partial charge is 0.286 e. The van der Waals surface area contributed by atoms with Gasteiger partial charge in [0, 0.05) is 24.8 Å². The van der Waals surface area contributed by atoms with Crippen LogP contribution >= 0.6 is 0 Å². The Balaban J connectivity index is 0.000000228. The molecule has 0 amide bonds. The second-order valence-electron chi connectivity index (χ2n) is 2.78. The molecule has 0 radical (unpaired) electrons. The lowest BCUT2D eigenvalue weighted by molar-refractivity contribution is 0.490. The minimum Gasteiger partial charge on any atom is -0.286 e. The fourth-order valence-corrected chi connectivity index (χ4v) is 0.625. The molecule has 0 unspecified atom stereocenters. The smallest absolute Gasteiger partial charge is 0.261 e. The fraction of sp³-hybridized carbons (Fsp3) is 0.0909. The lowest BCUT2D eigenvalue weighted by Gasteiger charge is -1.70. The van der Waals surface area contributed by atoms with Crippen LogP contribution < -0.4 is 0 Å². The van der Waals surface area contributed by atoms with Crippen molar-refractivity contribution in [2.45, 2.75) is 0 Å². The third-order valence-electron chi connectivity index (χ3n) is 1.13. The average Bonchev–Trinajstić information content (AvgIpc) is 2.32. The summed E-state index contributed by atoms with van der Waals surface area (Å²) in [6.07, 6.45) is 7.72. The summed E-state index contributed by atoms with van der Waals surface area (Å²) in [6.45, 7) is 0. The molecular formula is C11H14N2O3S. The third kappa shape index (κ3) is 20.3. The fourth-order valence-electron chi connectivity index (χ4n) is 0.625. The average molecular weight is 254 g/mol. The van der Waals surface area contributed by atoms with Crippen LogP contribution in [-0.4, -0.2) is 29.2 Å². The van der Waals surface area contributed by atoms with Gasteiger partial charge in [0.05, 0.1) is 6.26 Å². The van der Waals surface area contributed by atoms with E-state index >= 15 is 0 Å². The lowest BCUT2D eigenvalue weighted by Crippen LogP contribution is -1.88. The highest BCUT2D eigenvalue weighted by atomic mass is 32.2. The van der Waals surface area contributed by atoms with E-state index in [4.69, 9.17) is 4.55 Å². The van der Waals surface area contributed by atoms with E-state index in [2.05, 4.69) is 9.97 Å². The van der Waals surface area contributed by atoms with Crippen LogP contribution in [-0.2, 0) is 10.1 Å². The molecular weight excluding hydrogens is 240 g/mol. The third-order valence-corrected chi connectivity index (χ3v) is 1.13. The topological polar surface area (TPSA) is 80.2 Å². The first-order chi connectivity index (χ1) is 8.00. The summed E-state index contributed by atoms with van der Waals surface area (Å²) < 4.78 is 25.9. The molecule has 0 aliphatic heterocycles. The number of hydrogen-bond acceptors (Lipinski definition) is 4. The minimum atomic E-state index is -3.67. The van der Waals surface area contributed by atoms with Gasteiger partial charge >= 0.3 is 0 Å². The predicted octanol–water partition coefficient (Wildman–Crippen LogP) is 1.67. The Morgan fingerprint density at radius 1 is 0.765 bits per heavy atom.